The number of furan rings is 1. The Kier molecular flexibility index (Phi) is 4.65. The van der Waals surface area contributed by atoms with Crippen LogP contribution in [0.1, 0.15) is 51.0 Å². The van der Waals surface area contributed by atoms with Gasteiger partial charge >= 0.3 is 0 Å². The van der Waals surface area contributed by atoms with Crippen LogP contribution in [0.3, 0.4) is 0 Å². The predicted molar refractivity (Wildman–Crippen MR) is 81.4 cm³/mol. The molecule has 2 nitrogen and oxygen atoms in total. The maximum Gasteiger partial charge on any atom is 0.134 e. The molecule has 0 saturated carbocycles. The van der Waals surface area contributed by atoms with E-state index in [-0.39, 0.29) is 0 Å². The summed E-state index contributed by atoms with van der Waals surface area (Å²) in [4.78, 5) is 0. The Bertz CT molecular complexity index is 529. The first-order chi connectivity index (χ1) is 9.15. The first-order valence-corrected chi connectivity index (χ1v) is 7.39. The van der Waals surface area contributed by atoms with Gasteiger partial charge in [0, 0.05) is 5.39 Å². The van der Waals surface area contributed by atoms with Crippen molar-refractivity contribution in [2.75, 3.05) is 6.54 Å². The topological polar surface area (TPSA) is 25.2 Å². The largest absolute Gasteiger partial charge is 0.459 e. The van der Waals surface area contributed by atoms with Crippen molar-refractivity contribution in [2.45, 2.75) is 46.6 Å². The summed E-state index contributed by atoms with van der Waals surface area (Å²) in [7, 11) is 0. The van der Waals surface area contributed by atoms with Gasteiger partial charge in [0.1, 0.15) is 11.3 Å². The summed E-state index contributed by atoms with van der Waals surface area (Å²) in [5.74, 6) is 1.65. The Labute approximate surface area is 116 Å². The van der Waals surface area contributed by atoms with Gasteiger partial charge in [-0.05, 0) is 44.0 Å². The molecule has 2 atom stereocenters. The SMILES string of the molecule is CCCNC(c1cc2cc(C)ccc2o1)C(C)CC. The summed E-state index contributed by atoms with van der Waals surface area (Å²) in [5.41, 5.74) is 2.27. The van der Waals surface area contributed by atoms with Gasteiger partial charge in [0.2, 0.25) is 0 Å². The maximum absolute atomic E-state index is 6.04. The summed E-state index contributed by atoms with van der Waals surface area (Å²) in [6, 6.07) is 8.88. The summed E-state index contributed by atoms with van der Waals surface area (Å²) in [6.45, 7) is 9.87. The molecule has 0 saturated heterocycles. The van der Waals surface area contributed by atoms with E-state index in [1.807, 2.05) is 0 Å². The molecule has 1 aromatic carbocycles. The quantitative estimate of drug-likeness (QED) is 0.804. The van der Waals surface area contributed by atoms with Gasteiger partial charge in [-0.1, -0.05) is 38.8 Å². The van der Waals surface area contributed by atoms with Crippen LogP contribution >= 0.6 is 0 Å². The van der Waals surface area contributed by atoms with Gasteiger partial charge in [-0.15, -0.1) is 0 Å². The van der Waals surface area contributed by atoms with Crippen molar-refractivity contribution in [1.82, 2.24) is 5.32 Å². The highest BCUT2D eigenvalue weighted by molar-refractivity contribution is 5.78. The van der Waals surface area contributed by atoms with Gasteiger partial charge in [0.05, 0.1) is 6.04 Å². The molecule has 1 aromatic heterocycles. The molecule has 0 bridgehead atoms. The van der Waals surface area contributed by atoms with Gasteiger partial charge in [-0.25, -0.2) is 0 Å². The van der Waals surface area contributed by atoms with E-state index in [1.165, 1.54) is 10.9 Å². The van der Waals surface area contributed by atoms with Crippen molar-refractivity contribution < 1.29 is 4.42 Å². The molecule has 2 aromatic rings. The fraction of sp³-hybridized carbons (Fsp3) is 0.529. The number of benzene rings is 1. The van der Waals surface area contributed by atoms with Crippen molar-refractivity contribution >= 4 is 11.0 Å². The standard InChI is InChI=1S/C17H25NO/c1-5-9-18-17(13(4)6-2)16-11-14-10-12(3)7-8-15(14)19-16/h7-8,10-11,13,17-18H,5-6,9H2,1-4H3. The van der Waals surface area contributed by atoms with Crippen LogP contribution in [0.4, 0.5) is 0 Å². The third kappa shape index (κ3) is 3.19. The fourth-order valence-electron chi connectivity index (χ4n) is 2.45. The monoisotopic (exact) mass is 259 g/mol. The summed E-state index contributed by atoms with van der Waals surface area (Å²) in [5, 5.41) is 4.83. The van der Waals surface area contributed by atoms with Gasteiger partial charge in [0.15, 0.2) is 0 Å². The predicted octanol–water partition coefficient (Wildman–Crippen LogP) is 4.83. The summed E-state index contributed by atoms with van der Waals surface area (Å²) >= 11 is 0. The zero-order valence-corrected chi connectivity index (χ0v) is 12.5. The zero-order valence-electron chi connectivity index (χ0n) is 12.5. The molecule has 19 heavy (non-hydrogen) atoms. The van der Waals surface area contributed by atoms with E-state index in [1.54, 1.807) is 0 Å². The maximum atomic E-state index is 6.04. The van der Waals surface area contributed by atoms with Crippen LogP contribution < -0.4 is 5.32 Å². The van der Waals surface area contributed by atoms with Gasteiger partial charge < -0.3 is 9.73 Å². The second-order valence-corrected chi connectivity index (χ2v) is 5.51. The Morgan fingerprint density at radius 1 is 1.21 bits per heavy atom. The van der Waals surface area contributed by atoms with Crippen LogP contribution in [-0.4, -0.2) is 6.54 Å². The molecular weight excluding hydrogens is 234 g/mol. The van der Waals surface area contributed by atoms with Crippen molar-refractivity contribution in [2.24, 2.45) is 5.92 Å². The molecule has 0 aliphatic heterocycles. The van der Waals surface area contributed by atoms with Crippen LogP contribution in [0.2, 0.25) is 0 Å². The molecule has 2 heteroatoms. The summed E-state index contributed by atoms with van der Waals surface area (Å²) < 4.78 is 6.04. The minimum atomic E-state index is 0.317. The Hall–Kier alpha value is -1.28. The molecule has 2 rings (SSSR count). The third-order valence-electron chi connectivity index (χ3n) is 3.82. The average Bonchev–Trinajstić information content (AvgIpc) is 2.81. The smallest absolute Gasteiger partial charge is 0.134 e. The van der Waals surface area contributed by atoms with Gasteiger partial charge in [-0.3, -0.25) is 0 Å². The molecular formula is C17H25NO. The molecule has 0 amide bonds. The van der Waals surface area contributed by atoms with Crippen molar-refractivity contribution in [3.8, 4) is 0 Å². The zero-order chi connectivity index (χ0) is 13.8. The van der Waals surface area contributed by atoms with Crippen LogP contribution in [-0.2, 0) is 0 Å². The van der Waals surface area contributed by atoms with E-state index in [0.717, 1.165) is 30.7 Å². The molecule has 0 spiro atoms. The average molecular weight is 259 g/mol. The highest BCUT2D eigenvalue weighted by Gasteiger charge is 2.21. The highest BCUT2D eigenvalue weighted by Crippen LogP contribution is 2.30. The van der Waals surface area contributed by atoms with Crippen LogP contribution in [0.5, 0.6) is 0 Å². The number of hydrogen-bond acceptors (Lipinski definition) is 2. The van der Waals surface area contributed by atoms with Gasteiger partial charge in [0.25, 0.3) is 0 Å². The Morgan fingerprint density at radius 2 is 2.00 bits per heavy atom. The number of fused-ring (bicyclic) bond motifs is 1. The summed E-state index contributed by atoms with van der Waals surface area (Å²) in [6.07, 6.45) is 2.30. The molecule has 0 aliphatic carbocycles. The highest BCUT2D eigenvalue weighted by atomic mass is 16.3. The van der Waals surface area contributed by atoms with E-state index in [9.17, 15) is 0 Å². The lowest BCUT2D eigenvalue weighted by molar-refractivity contribution is 0.327. The lowest BCUT2D eigenvalue weighted by Crippen LogP contribution is -2.27. The normalized spacial score (nSPS) is 14.7. The number of rotatable bonds is 6. The van der Waals surface area contributed by atoms with E-state index >= 15 is 0 Å². The lowest BCUT2D eigenvalue weighted by atomic mass is 9.96. The molecule has 0 aliphatic rings. The molecule has 0 fully saturated rings. The van der Waals surface area contributed by atoms with E-state index in [4.69, 9.17) is 4.42 Å². The number of nitrogens with one attached hydrogen (secondary N) is 1. The second-order valence-electron chi connectivity index (χ2n) is 5.51. The Balaban J connectivity index is 2.32. The minimum absolute atomic E-state index is 0.317. The third-order valence-corrected chi connectivity index (χ3v) is 3.82. The van der Waals surface area contributed by atoms with Crippen molar-refractivity contribution in [3.63, 3.8) is 0 Å². The van der Waals surface area contributed by atoms with E-state index < -0.39 is 0 Å². The first kappa shape index (κ1) is 14.1. The van der Waals surface area contributed by atoms with Crippen LogP contribution in [0.15, 0.2) is 28.7 Å². The van der Waals surface area contributed by atoms with Crippen LogP contribution in [0, 0.1) is 12.8 Å². The van der Waals surface area contributed by atoms with E-state index in [2.05, 4.69) is 57.3 Å². The first-order valence-electron chi connectivity index (χ1n) is 7.39. The number of aryl methyl sites for hydroxylation is 1. The molecule has 1 heterocycles. The minimum Gasteiger partial charge on any atom is -0.459 e. The molecule has 104 valence electrons. The van der Waals surface area contributed by atoms with Crippen molar-refractivity contribution in [3.05, 3.63) is 35.6 Å². The second kappa shape index (κ2) is 6.25. The van der Waals surface area contributed by atoms with Gasteiger partial charge in [-0.2, -0.15) is 0 Å². The molecule has 0 radical (unpaired) electrons. The van der Waals surface area contributed by atoms with Crippen molar-refractivity contribution in [1.29, 1.82) is 0 Å². The number of hydrogen-bond donors (Lipinski definition) is 1. The van der Waals surface area contributed by atoms with Crippen LogP contribution in [0.25, 0.3) is 11.0 Å². The lowest BCUT2D eigenvalue weighted by Gasteiger charge is -2.22. The molecule has 1 N–H and O–H groups in total. The van der Waals surface area contributed by atoms with E-state index in [0.29, 0.717) is 12.0 Å². The molecule has 2 unspecified atom stereocenters. The fourth-order valence-corrected chi connectivity index (χ4v) is 2.45. The Morgan fingerprint density at radius 3 is 2.68 bits per heavy atom.